The van der Waals surface area contributed by atoms with Crippen molar-refractivity contribution in [3.8, 4) is 5.69 Å². The van der Waals surface area contributed by atoms with Gasteiger partial charge in [0, 0.05) is 41.7 Å². The lowest BCUT2D eigenvalue weighted by Gasteiger charge is -2.28. The van der Waals surface area contributed by atoms with Crippen LogP contribution < -0.4 is 0 Å². The summed E-state index contributed by atoms with van der Waals surface area (Å²) in [6, 6.07) is 13.9. The fourth-order valence-corrected chi connectivity index (χ4v) is 4.88. The summed E-state index contributed by atoms with van der Waals surface area (Å²) >= 11 is 6.27. The van der Waals surface area contributed by atoms with Crippen LogP contribution in [0.3, 0.4) is 0 Å². The topological polar surface area (TPSA) is 41.4 Å². The van der Waals surface area contributed by atoms with Crippen molar-refractivity contribution in [1.29, 1.82) is 0 Å². The van der Waals surface area contributed by atoms with Gasteiger partial charge >= 0.3 is 0 Å². The summed E-state index contributed by atoms with van der Waals surface area (Å²) < 4.78 is 15.8. The molecule has 0 saturated heterocycles. The maximum absolute atomic E-state index is 13.8. The monoisotopic (exact) mass is 466 g/mol. The van der Waals surface area contributed by atoms with Crippen LogP contribution in [0, 0.1) is 5.82 Å². The van der Waals surface area contributed by atoms with Crippen LogP contribution in [-0.4, -0.2) is 44.6 Å². The fraction of sp³-hybridized carbons (Fsp3) is 0.385. The molecule has 3 aromatic rings. The highest BCUT2D eigenvalue weighted by atomic mass is 35.5. The van der Waals surface area contributed by atoms with Crippen LogP contribution in [0.5, 0.6) is 0 Å². The number of rotatable bonds is 7. The van der Waals surface area contributed by atoms with Gasteiger partial charge in [-0.25, -0.2) is 9.07 Å². The second-order valence-corrected chi connectivity index (χ2v) is 9.40. The van der Waals surface area contributed by atoms with E-state index in [0.717, 1.165) is 56.7 Å². The Kier molecular flexibility index (Phi) is 6.21. The third kappa shape index (κ3) is 4.68. The SMILES string of the molecule is CCCN1CCc2c(c(CN(C(=O)c3cccc(F)c3)C3CC3)nn2-c2cccc(Cl)c2)C1. The predicted molar refractivity (Wildman–Crippen MR) is 127 cm³/mol. The molecule has 0 atom stereocenters. The molecule has 2 heterocycles. The lowest BCUT2D eigenvalue weighted by Crippen LogP contribution is -2.35. The Morgan fingerprint density at radius 3 is 2.76 bits per heavy atom. The number of benzene rings is 2. The second-order valence-electron chi connectivity index (χ2n) is 8.96. The number of hydrogen-bond donors (Lipinski definition) is 0. The maximum Gasteiger partial charge on any atom is 0.254 e. The molecule has 2 aliphatic rings. The van der Waals surface area contributed by atoms with Gasteiger partial charge in [-0.3, -0.25) is 9.69 Å². The molecule has 33 heavy (non-hydrogen) atoms. The molecule has 0 radical (unpaired) electrons. The maximum atomic E-state index is 13.8. The average Bonchev–Trinajstić information content (AvgIpc) is 3.59. The van der Waals surface area contributed by atoms with Gasteiger partial charge in [-0.05, 0) is 62.2 Å². The van der Waals surface area contributed by atoms with Crippen LogP contribution in [0.4, 0.5) is 4.39 Å². The molecule has 1 amide bonds. The quantitative estimate of drug-likeness (QED) is 0.478. The van der Waals surface area contributed by atoms with E-state index in [9.17, 15) is 9.18 Å². The Labute approximate surface area is 198 Å². The molecule has 2 aromatic carbocycles. The first-order valence-corrected chi connectivity index (χ1v) is 12.1. The summed E-state index contributed by atoms with van der Waals surface area (Å²) in [6.45, 7) is 5.47. The molecule has 1 aliphatic carbocycles. The number of nitrogens with zero attached hydrogens (tertiary/aromatic N) is 4. The number of carbonyl (C=O) groups excluding carboxylic acids is 1. The Bertz CT molecular complexity index is 1170. The highest BCUT2D eigenvalue weighted by molar-refractivity contribution is 6.30. The van der Waals surface area contributed by atoms with Gasteiger partial charge in [-0.1, -0.05) is 30.7 Å². The summed E-state index contributed by atoms with van der Waals surface area (Å²) in [4.78, 5) is 17.7. The Morgan fingerprint density at radius 2 is 2.03 bits per heavy atom. The Morgan fingerprint density at radius 1 is 1.21 bits per heavy atom. The van der Waals surface area contributed by atoms with Gasteiger partial charge in [-0.2, -0.15) is 5.10 Å². The zero-order chi connectivity index (χ0) is 22.9. The van der Waals surface area contributed by atoms with Crippen molar-refractivity contribution in [3.63, 3.8) is 0 Å². The molecular formula is C26H28ClFN4O. The van der Waals surface area contributed by atoms with E-state index >= 15 is 0 Å². The number of halogens is 2. The highest BCUT2D eigenvalue weighted by Crippen LogP contribution is 2.33. The number of amides is 1. The van der Waals surface area contributed by atoms with E-state index in [-0.39, 0.29) is 11.9 Å². The molecule has 0 spiro atoms. The molecule has 1 aromatic heterocycles. The summed E-state index contributed by atoms with van der Waals surface area (Å²) in [6.07, 6.45) is 3.94. The van der Waals surface area contributed by atoms with E-state index in [4.69, 9.17) is 16.7 Å². The lowest BCUT2D eigenvalue weighted by atomic mass is 10.0. The van der Waals surface area contributed by atoms with Crippen molar-refractivity contribution in [2.24, 2.45) is 0 Å². The van der Waals surface area contributed by atoms with E-state index in [2.05, 4.69) is 11.8 Å². The largest absolute Gasteiger partial charge is 0.330 e. The van der Waals surface area contributed by atoms with Crippen molar-refractivity contribution < 1.29 is 9.18 Å². The summed E-state index contributed by atoms with van der Waals surface area (Å²) in [5.41, 5.74) is 4.63. The van der Waals surface area contributed by atoms with E-state index in [1.54, 1.807) is 12.1 Å². The Hall–Kier alpha value is -2.70. The first-order valence-electron chi connectivity index (χ1n) is 11.7. The van der Waals surface area contributed by atoms with Gasteiger partial charge in [-0.15, -0.1) is 0 Å². The first-order chi connectivity index (χ1) is 16.0. The summed E-state index contributed by atoms with van der Waals surface area (Å²) in [5, 5.41) is 5.67. The minimum Gasteiger partial charge on any atom is -0.330 e. The van der Waals surface area contributed by atoms with E-state index in [1.807, 2.05) is 33.8 Å². The van der Waals surface area contributed by atoms with Crippen LogP contribution >= 0.6 is 11.6 Å². The van der Waals surface area contributed by atoms with Crippen molar-refractivity contribution in [1.82, 2.24) is 19.6 Å². The minimum absolute atomic E-state index is 0.135. The molecule has 1 aliphatic heterocycles. The summed E-state index contributed by atoms with van der Waals surface area (Å²) in [5.74, 6) is -0.529. The smallest absolute Gasteiger partial charge is 0.254 e. The summed E-state index contributed by atoms with van der Waals surface area (Å²) in [7, 11) is 0. The van der Waals surface area contributed by atoms with E-state index in [0.29, 0.717) is 17.1 Å². The molecule has 5 rings (SSSR count). The van der Waals surface area contributed by atoms with Gasteiger partial charge in [0.1, 0.15) is 5.82 Å². The van der Waals surface area contributed by atoms with Crippen LogP contribution in [-0.2, 0) is 19.5 Å². The van der Waals surface area contributed by atoms with Gasteiger partial charge in [0.05, 0.1) is 23.6 Å². The molecule has 1 fully saturated rings. The second kappa shape index (κ2) is 9.27. The third-order valence-corrected chi connectivity index (χ3v) is 6.69. The van der Waals surface area contributed by atoms with Crippen molar-refractivity contribution in [2.45, 2.75) is 51.7 Å². The van der Waals surface area contributed by atoms with Crippen molar-refractivity contribution in [2.75, 3.05) is 13.1 Å². The molecule has 0 bridgehead atoms. The molecule has 5 nitrogen and oxygen atoms in total. The van der Waals surface area contributed by atoms with Crippen LogP contribution in [0.1, 0.15) is 53.5 Å². The third-order valence-electron chi connectivity index (χ3n) is 6.45. The molecule has 172 valence electrons. The normalized spacial score (nSPS) is 16.0. The molecular weight excluding hydrogens is 439 g/mol. The van der Waals surface area contributed by atoms with Crippen molar-refractivity contribution >= 4 is 17.5 Å². The van der Waals surface area contributed by atoms with Crippen LogP contribution in [0.2, 0.25) is 5.02 Å². The van der Waals surface area contributed by atoms with Crippen LogP contribution in [0.15, 0.2) is 48.5 Å². The van der Waals surface area contributed by atoms with Gasteiger partial charge < -0.3 is 4.90 Å². The standard InChI is InChI=1S/C26H28ClFN4O/c1-2-12-30-13-11-25-23(16-30)24(29-32(25)22-8-4-6-19(27)15-22)17-31(21-9-10-21)26(33)18-5-3-7-20(28)14-18/h3-8,14-15,21H,2,9-13,16-17H2,1H3. The fourth-order valence-electron chi connectivity index (χ4n) is 4.70. The number of carbonyl (C=O) groups is 1. The lowest BCUT2D eigenvalue weighted by molar-refractivity contribution is 0.0726. The Balaban J connectivity index is 1.51. The first kappa shape index (κ1) is 22.1. The molecule has 7 heteroatoms. The van der Waals surface area contributed by atoms with Gasteiger partial charge in [0.15, 0.2) is 0 Å². The number of fused-ring (bicyclic) bond motifs is 1. The van der Waals surface area contributed by atoms with Crippen LogP contribution in [0.25, 0.3) is 5.69 Å². The highest BCUT2D eigenvalue weighted by Gasteiger charge is 2.35. The average molecular weight is 467 g/mol. The van der Waals surface area contributed by atoms with E-state index < -0.39 is 5.82 Å². The predicted octanol–water partition coefficient (Wildman–Crippen LogP) is 5.24. The minimum atomic E-state index is -0.394. The number of hydrogen-bond acceptors (Lipinski definition) is 3. The molecule has 0 N–H and O–H groups in total. The molecule has 0 unspecified atom stereocenters. The molecule has 1 saturated carbocycles. The van der Waals surface area contributed by atoms with Crippen molar-refractivity contribution in [3.05, 3.63) is 81.9 Å². The van der Waals surface area contributed by atoms with Gasteiger partial charge in [0.25, 0.3) is 5.91 Å². The zero-order valence-electron chi connectivity index (χ0n) is 18.8. The zero-order valence-corrected chi connectivity index (χ0v) is 19.6. The van der Waals surface area contributed by atoms with E-state index in [1.165, 1.54) is 23.4 Å². The van der Waals surface area contributed by atoms with Gasteiger partial charge in [0.2, 0.25) is 0 Å². The number of aromatic nitrogens is 2.